The molecule has 0 heterocycles. The molecule has 1 heteroatoms. The summed E-state index contributed by atoms with van der Waals surface area (Å²) in [6.07, 6.45) is 3.37. The SMILES string of the molecule is CCC(C)c1cccc(CSC)c1. The molecule has 72 valence electrons. The first kappa shape index (κ1) is 10.6. The maximum absolute atomic E-state index is 2.34. The van der Waals surface area contributed by atoms with E-state index < -0.39 is 0 Å². The van der Waals surface area contributed by atoms with E-state index in [-0.39, 0.29) is 0 Å². The van der Waals surface area contributed by atoms with Gasteiger partial charge in [0.2, 0.25) is 0 Å². The minimum atomic E-state index is 0.696. The molecule has 0 fully saturated rings. The average molecular weight is 194 g/mol. The summed E-state index contributed by atoms with van der Waals surface area (Å²) in [5, 5.41) is 0. The summed E-state index contributed by atoms with van der Waals surface area (Å²) in [5.74, 6) is 1.83. The van der Waals surface area contributed by atoms with E-state index in [0.717, 1.165) is 5.75 Å². The molecule has 0 bridgehead atoms. The van der Waals surface area contributed by atoms with Gasteiger partial charge in [-0.15, -0.1) is 0 Å². The van der Waals surface area contributed by atoms with Crippen molar-refractivity contribution in [2.75, 3.05) is 6.26 Å². The number of rotatable bonds is 4. The highest BCUT2D eigenvalue weighted by molar-refractivity contribution is 7.97. The van der Waals surface area contributed by atoms with Gasteiger partial charge in [-0.05, 0) is 29.7 Å². The molecular weight excluding hydrogens is 176 g/mol. The molecule has 0 amide bonds. The monoisotopic (exact) mass is 194 g/mol. The summed E-state index contributed by atoms with van der Waals surface area (Å²) < 4.78 is 0. The molecule has 0 spiro atoms. The van der Waals surface area contributed by atoms with E-state index in [1.165, 1.54) is 17.5 Å². The van der Waals surface area contributed by atoms with Crippen LogP contribution in [0, 0.1) is 0 Å². The third-order valence-electron chi connectivity index (χ3n) is 2.44. The number of hydrogen-bond donors (Lipinski definition) is 0. The molecule has 13 heavy (non-hydrogen) atoms. The van der Waals surface area contributed by atoms with Crippen molar-refractivity contribution in [1.82, 2.24) is 0 Å². The van der Waals surface area contributed by atoms with Crippen LogP contribution in [0.5, 0.6) is 0 Å². The number of thioether (sulfide) groups is 1. The van der Waals surface area contributed by atoms with Crippen LogP contribution >= 0.6 is 11.8 Å². The maximum Gasteiger partial charge on any atom is 0.0181 e. The third-order valence-corrected chi connectivity index (χ3v) is 3.07. The van der Waals surface area contributed by atoms with Crippen LogP contribution in [0.3, 0.4) is 0 Å². The summed E-state index contributed by atoms with van der Waals surface area (Å²) in [7, 11) is 0. The molecule has 1 atom stereocenters. The molecule has 1 aromatic carbocycles. The molecule has 1 unspecified atom stereocenters. The van der Waals surface area contributed by atoms with Gasteiger partial charge in [-0.2, -0.15) is 11.8 Å². The number of hydrogen-bond acceptors (Lipinski definition) is 1. The summed E-state index contributed by atoms with van der Waals surface area (Å²) in [5.41, 5.74) is 2.93. The zero-order chi connectivity index (χ0) is 9.68. The third kappa shape index (κ3) is 3.07. The Labute approximate surface area is 85.7 Å². The lowest BCUT2D eigenvalue weighted by Gasteiger charge is -2.10. The van der Waals surface area contributed by atoms with Crippen LogP contribution in [0.4, 0.5) is 0 Å². The summed E-state index contributed by atoms with van der Waals surface area (Å²) >= 11 is 1.88. The van der Waals surface area contributed by atoms with E-state index in [0.29, 0.717) is 5.92 Å². The smallest absolute Gasteiger partial charge is 0.0181 e. The fourth-order valence-electron chi connectivity index (χ4n) is 1.39. The van der Waals surface area contributed by atoms with Crippen molar-refractivity contribution in [3.63, 3.8) is 0 Å². The van der Waals surface area contributed by atoms with Crippen molar-refractivity contribution < 1.29 is 0 Å². The van der Waals surface area contributed by atoms with Gasteiger partial charge in [-0.25, -0.2) is 0 Å². The normalized spacial score (nSPS) is 12.8. The quantitative estimate of drug-likeness (QED) is 0.696. The van der Waals surface area contributed by atoms with Gasteiger partial charge < -0.3 is 0 Å². The Hall–Kier alpha value is -0.430. The van der Waals surface area contributed by atoms with E-state index in [2.05, 4.69) is 44.4 Å². The zero-order valence-corrected chi connectivity index (χ0v) is 9.53. The van der Waals surface area contributed by atoms with E-state index in [1.54, 1.807) is 0 Å². The molecule has 0 saturated carbocycles. The van der Waals surface area contributed by atoms with E-state index >= 15 is 0 Å². The molecule has 0 saturated heterocycles. The Morgan fingerprint density at radius 2 is 2.15 bits per heavy atom. The van der Waals surface area contributed by atoms with E-state index in [1.807, 2.05) is 11.8 Å². The highest BCUT2D eigenvalue weighted by Crippen LogP contribution is 2.20. The first-order chi connectivity index (χ1) is 6.27. The minimum Gasteiger partial charge on any atom is -0.161 e. The topological polar surface area (TPSA) is 0 Å². The molecule has 1 rings (SSSR count). The Balaban J connectivity index is 2.78. The second kappa shape index (κ2) is 5.33. The van der Waals surface area contributed by atoms with Crippen molar-refractivity contribution in [2.45, 2.75) is 31.9 Å². The van der Waals surface area contributed by atoms with Gasteiger partial charge in [0.1, 0.15) is 0 Å². The minimum absolute atomic E-state index is 0.696. The van der Waals surface area contributed by atoms with Gasteiger partial charge in [0.05, 0.1) is 0 Å². The lowest BCUT2D eigenvalue weighted by molar-refractivity contribution is 0.733. The van der Waals surface area contributed by atoms with Gasteiger partial charge in [0.25, 0.3) is 0 Å². The van der Waals surface area contributed by atoms with Crippen molar-refractivity contribution in [1.29, 1.82) is 0 Å². The molecule has 1 aromatic rings. The Bertz CT molecular complexity index is 255. The van der Waals surface area contributed by atoms with Gasteiger partial charge in [0, 0.05) is 5.75 Å². The first-order valence-corrected chi connectivity index (χ1v) is 6.25. The first-order valence-electron chi connectivity index (χ1n) is 4.85. The predicted molar refractivity (Wildman–Crippen MR) is 62.4 cm³/mol. The fourth-order valence-corrected chi connectivity index (χ4v) is 1.90. The summed E-state index contributed by atoms with van der Waals surface area (Å²) in [6.45, 7) is 4.53. The van der Waals surface area contributed by atoms with Crippen LogP contribution in [-0.2, 0) is 5.75 Å². The van der Waals surface area contributed by atoms with E-state index in [9.17, 15) is 0 Å². The van der Waals surface area contributed by atoms with Gasteiger partial charge in [0.15, 0.2) is 0 Å². The molecule has 0 N–H and O–H groups in total. The van der Waals surface area contributed by atoms with Gasteiger partial charge in [-0.1, -0.05) is 38.1 Å². The largest absolute Gasteiger partial charge is 0.161 e. The average Bonchev–Trinajstić information content (AvgIpc) is 2.18. The second-order valence-electron chi connectivity index (χ2n) is 3.49. The fraction of sp³-hybridized carbons (Fsp3) is 0.500. The lowest BCUT2D eigenvalue weighted by atomic mass is 9.97. The Morgan fingerprint density at radius 3 is 2.77 bits per heavy atom. The van der Waals surface area contributed by atoms with Crippen molar-refractivity contribution in [3.05, 3.63) is 35.4 Å². The summed E-state index contributed by atoms with van der Waals surface area (Å²) in [6, 6.07) is 8.96. The van der Waals surface area contributed by atoms with Crippen LogP contribution in [0.1, 0.15) is 37.3 Å². The van der Waals surface area contributed by atoms with Crippen molar-refractivity contribution in [2.24, 2.45) is 0 Å². The lowest BCUT2D eigenvalue weighted by Crippen LogP contribution is -1.92. The maximum atomic E-state index is 2.34. The Kier molecular flexibility index (Phi) is 4.37. The van der Waals surface area contributed by atoms with Crippen LogP contribution in [-0.4, -0.2) is 6.26 Å². The highest BCUT2D eigenvalue weighted by Gasteiger charge is 2.02. The molecule has 0 radical (unpaired) electrons. The van der Waals surface area contributed by atoms with Gasteiger partial charge in [-0.3, -0.25) is 0 Å². The van der Waals surface area contributed by atoms with Crippen LogP contribution < -0.4 is 0 Å². The van der Waals surface area contributed by atoms with Crippen molar-refractivity contribution in [3.8, 4) is 0 Å². The van der Waals surface area contributed by atoms with E-state index in [4.69, 9.17) is 0 Å². The predicted octanol–water partition coefficient (Wildman–Crippen LogP) is 4.06. The molecule has 0 aliphatic carbocycles. The summed E-state index contributed by atoms with van der Waals surface area (Å²) in [4.78, 5) is 0. The molecular formula is C12H18S. The standard InChI is InChI=1S/C12H18S/c1-4-10(2)12-7-5-6-11(8-12)9-13-3/h5-8,10H,4,9H2,1-3H3. The molecule has 0 nitrogen and oxygen atoms in total. The number of benzene rings is 1. The Morgan fingerprint density at radius 1 is 1.38 bits per heavy atom. The second-order valence-corrected chi connectivity index (χ2v) is 4.35. The van der Waals surface area contributed by atoms with Crippen LogP contribution in [0.2, 0.25) is 0 Å². The molecule has 0 aliphatic rings. The molecule has 0 aliphatic heterocycles. The van der Waals surface area contributed by atoms with Crippen LogP contribution in [0.25, 0.3) is 0 Å². The highest BCUT2D eigenvalue weighted by atomic mass is 32.2. The zero-order valence-electron chi connectivity index (χ0n) is 8.71. The van der Waals surface area contributed by atoms with Crippen molar-refractivity contribution >= 4 is 11.8 Å². The molecule has 0 aromatic heterocycles. The van der Waals surface area contributed by atoms with Gasteiger partial charge >= 0.3 is 0 Å². The van der Waals surface area contributed by atoms with Crippen LogP contribution in [0.15, 0.2) is 24.3 Å².